The third-order valence-corrected chi connectivity index (χ3v) is 6.29. The second kappa shape index (κ2) is 11.0. The number of hydrogen-bond acceptors (Lipinski definition) is 7. The van der Waals surface area contributed by atoms with Gasteiger partial charge in [-0.2, -0.15) is 0 Å². The molecule has 8 nitrogen and oxygen atoms in total. The number of benzene rings is 2. The molecule has 0 aliphatic rings. The van der Waals surface area contributed by atoms with Crippen LogP contribution < -0.4 is 10.1 Å². The molecule has 3 aromatic rings. The molecule has 0 saturated carbocycles. The Morgan fingerprint density at radius 2 is 1.94 bits per heavy atom. The summed E-state index contributed by atoms with van der Waals surface area (Å²) in [5, 5.41) is 32.2. The SMILES string of the molecule is COCCNC(=O)c1sc2cc(OCc3ccc(O)cc3O)ccc2c1CC(C)CC(=O)O. The highest BCUT2D eigenvalue weighted by atomic mass is 32.1. The minimum Gasteiger partial charge on any atom is -0.508 e. The van der Waals surface area contributed by atoms with Gasteiger partial charge in [-0.3, -0.25) is 9.59 Å². The molecule has 1 aromatic heterocycles. The Morgan fingerprint density at radius 1 is 1.15 bits per heavy atom. The summed E-state index contributed by atoms with van der Waals surface area (Å²) in [5.74, 6) is -0.760. The number of amides is 1. The van der Waals surface area contributed by atoms with E-state index >= 15 is 0 Å². The summed E-state index contributed by atoms with van der Waals surface area (Å²) in [6.07, 6.45) is 0.473. The van der Waals surface area contributed by atoms with Crippen LogP contribution in [0.5, 0.6) is 17.2 Å². The van der Waals surface area contributed by atoms with Crippen molar-refractivity contribution >= 4 is 33.3 Å². The van der Waals surface area contributed by atoms with Crippen molar-refractivity contribution in [2.75, 3.05) is 20.3 Å². The number of phenolic OH excluding ortho intramolecular Hbond substituents is 2. The van der Waals surface area contributed by atoms with Gasteiger partial charge in [-0.25, -0.2) is 0 Å². The Balaban J connectivity index is 1.87. The predicted molar refractivity (Wildman–Crippen MR) is 125 cm³/mol. The molecule has 33 heavy (non-hydrogen) atoms. The molecule has 1 atom stereocenters. The van der Waals surface area contributed by atoms with Crippen molar-refractivity contribution < 1.29 is 34.4 Å². The zero-order chi connectivity index (χ0) is 24.0. The van der Waals surface area contributed by atoms with E-state index in [1.165, 1.54) is 23.5 Å². The summed E-state index contributed by atoms with van der Waals surface area (Å²) in [5.41, 5.74) is 1.35. The molecule has 3 rings (SSSR count). The predicted octanol–water partition coefficient (Wildman–Crippen LogP) is 3.92. The number of carbonyl (C=O) groups is 2. The molecule has 0 spiro atoms. The van der Waals surface area contributed by atoms with E-state index < -0.39 is 5.97 Å². The molecule has 1 unspecified atom stereocenters. The summed E-state index contributed by atoms with van der Waals surface area (Å²) < 4.78 is 11.7. The number of hydrogen-bond donors (Lipinski definition) is 4. The topological polar surface area (TPSA) is 125 Å². The van der Waals surface area contributed by atoms with Gasteiger partial charge in [0.2, 0.25) is 0 Å². The molecule has 0 aliphatic heterocycles. The van der Waals surface area contributed by atoms with Crippen molar-refractivity contribution in [3.05, 3.63) is 52.4 Å². The summed E-state index contributed by atoms with van der Waals surface area (Å²) in [7, 11) is 1.56. The van der Waals surface area contributed by atoms with Gasteiger partial charge in [-0.15, -0.1) is 11.3 Å². The Kier molecular flexibility index (Phi) is 8.13. The molecule has 0 bridgehead atoms. The molecular formula is C24H27NO7S. The maximum Gasteiger partial charge on any atom is 0.303 e. The van der Waals surface area contributed by atoms with Crippen molar-refractivity contribution in [2.45, 2.75) is 26.4 Å². The van der Waals surface area contributed by atoms with E-state index in [2.05, 4.69) is 5.32 Å². The van der Waals surface area contributed by atoms with Gasteiger partial charge < -0.3 is 30.1 Å². The number of carboxylic acids is 1. The van der Waals surface area contributed by atoms with Crippen molar-refractivity contribution in [3.63, 3.8) is 0 Å². The number of rotatable bonds is 11. The summed E-state index contributed by atoms with van der Waals surface area (Å²) >= 11 is 1.33. The van der Waals surface area contributed by atoms with Crippen molar-refractivity contribution in [1.29, 1.82) is 0 Å². The Labute approximate surface area is 195 Å². The summed E-state index contributed by atoms with van der Waals surface area (Å²) in [4.78, 5) is 24.5. The minimum absolute atomic E-state index is 0.0133. The van der Waals surface area contributed by atoms with Gasteiger partial charge >= 0.3 is 5.97 Å². The first-order valence-electron chi connectivity index (χ1n) is 10.5. The Hall–Kier alpha value is -3.30. The van der Waals surface area contributed by atoms with Crippen LogP contribution in [0, 0.1) is 5.92 Å². The number of nitrogens with one attached hydrogen (secondary N) is 1. The first kappa shape index (κ1) is 24.3. The van der Waals surface area contributed by atoms with Crippen LogP contribution in [0.15, 0.2) is 36.4 Å². The average molecular weight is 474 g/mol. The second-order valence-electron chi connectivity index (χ2n) is 7.83. The van der Waals surface area contributed by atoms with Crippen LogP contribution >= 0.6 is 11.3 Å². The fraction of sp³-hybridized carbons (Fsp3) is 0.333. The van der Waals surface area contributed by atoms with Gasteiger partial charge in [0.05, 0.1) is 11.5 Å². The maximum absolute atomic E-state index is 12.8. The Morgan fingerprint density at radius 3 is 2.64 bits per heavy atom. The van der Waals surface area contributed by atoms with Crippen LogP contribution in [0.4, 0.5) is 0 Å². The third kappa shape index (κ3) is 6.36. The number of carbonyl (C=O) groups excluding carboxylic acids is 1. The van der Waals surface area contributed by atoms with E-state index in [1.54, 1.807) is 19.2 Å². The molecule has 1 heterocycles. The molecule has 9 heteroatoms. The molecule has 1 amide bonds. The van der Waals surface area contributed by atoms with Crippen LogP contribution in [0.3, 0.4) is 0 Å². The number of fused-ring (bicyclic) bond motifs is 1. The van der Waals surface area contributed by atoms with Gasteiger partial charge in [0.1, 0.15) is 23.9 Å². The molecular weight excluding hydrogens is 446 g/mol. The minimum atomic E-state index is -0.874. The number of thiophene rings is 1. The highest BCUT2D eigenvalue weighted by Crippen LogP contribution is 2.36. The zero-order valence-corrected chi connectivity index (χ0v) is 19.3. The van der Waals surface area contributed by atoms with Crippen LogP contribution in [0.1, 0.15) is 34.1 Å². The smallest absolute Gasteiger partial charge is 0.303 e. The molecule has 2 aromatic carbocycles. The quantitative estimate of drug-likeness (QED) is 0.311. The lowest BCUT2D eigenvalue weighted by molar-refractivity contribution is -0.137. The zero-order valence-electron chi connectivity index (χ0n) is 18.5. The number of carboxylic acid groups (broad SMARTS) is 1. The third-order valence-electron chi connectivity index (χ3n) is 5.10. The van der Waals surface area contributed by atoms with E-state index in [-0.39, 0.29) is 36.4 Å². The van der Waals surface area contributed by atoms with E-state index in [4.69, 9.17) is 14.6 Å². The number of methoxy groups -OCH3 is 1. The summed E-state index contributed by atoms with van der Waals surface area (Å²) in [6.45, 7) is 2.73. The first-order chi connectivity index (χ1) is 15.8. The lowest BCUT2D eigenvalue weighted by atomic mass is 9.95. The Bertz CT molecular complexity index is 1140. The highest BCUT2D eigenvalue weighted by Gasteiger charge is 2.21. The van der Waals surface area contributed by atoms with Gasteiger partial charge in [-0.05, 0) is 53.6 Å². The molecule has 4 N–H and O–H groups in total. The van der Waals surface area contributed by atoms with Crippen LogP contribution in [0.2, 0.25) is 0 Å². The van der Waals surface area contributed by atoms with Crippen molar-refractivity contribution in [1.82, 2.24) is 5.32 Å². The van der Waals surface area contributed by atoms with Crippen LogP contribution in [-0.4, -0.2) is 47.5 Å². The molecule has 0 radical (unpaired) electrons. The fourth-order valence-corrected chi connectivity index (χ4v) is 4.68. The standard InChI is InChI=1S/C24H27NO7S/c1-14(10-22(28)29)9-19-18-6-5-17(32-13-15-3-4-16(26)11-20(15)27)12-21(18)33-23(19)24(30)25-7-8-31-2/h3-6,11-12,14,26-27H,7-10,13H2,1-2H3,(H,25,30)(H,28,29). The summed E-state index contributed by atoms with van der Waals surface area (Å²) in [6, 6.07) is 9.78. The lowest BCUT2D eigenvalue weighted by Gasteiger charge is -2.11. The van der Waals surface area contributed by atoms with Gasteiger partial charge in [0.15, 0.2) is 0 Å². The largest absolute Gasteiger partial charge is 0.508 e. The van der Waals surface area contributed by atoms with Gasteiger partial charge in [-0.1, -0.05) is 6.92 Å². The maximum atomic E-state index is 12.8. The number of ether oxygens (including phenoxy) is 2. The van der Waals surface area contributed by atoms with E-state index in [9.17, 15) is 19.8 Å². The molecule has 0 saturated heterocycles. The second-order valence-corrected chi connectivity index (χ2v) is 8.88. The van der Waals surface area contributed by atoms with Gasteiger partial charge in [0, 0.05) is 36.4 Å². The fourth-order valence-electron chi connectivity index (χ4n) is 3.51. The number of aliphatic carboxylic acids is 1. The number of phenols is 2. The van der Waals surface area contributed by atoms with E-state index in [0.717, 1.165) is 15.6 Å². The van der Waals surface area contributed by atoms with Gasteiger partial charge in [0.25, 0.3) is 5.91 Å². The van der Waals surface area contributed by atoms with E-state index in [1.807, 2.05) is 19.1 Å². The number of aromatic hydroxyl groups is 2. The van der Waals surface area contributed by atoms with Crippen LogP contribution in [0.25, 0.3) is 10.1 Å². The lowest BCUT2D eigenvalue weighted by Crippen LogP contribution is -2.27. The molecule has 0 aliphatic carbocycles. The molecule has 176 valence electrons. The van der Waals surface area contributed by atoms with E-state index in [0.29, 0.717) is 35.8 Å². The average Bonchev–Trinajstić information content (AvgIpc) is 3.10. The molecule has 0 fully saturated rings. The normalized spacial score (nSPS) is 11.9. The van der Waals surface area contributed by atoms with Crippen molar-refractivity contribution in [3.8, 4) is 17.2 Å². The van der Waals surface area contributed by atoms with Crippen molar-refractivity contribution in [2.24, 2.45) is 5.92 Å². The first-order valence-corrected chi connectivity index (χ1v) is 11.3. The highest BCUT2D eigenvalue weighted by molar-refractivity contribution is 7.21. The van der Waals surface area contributed by atoms with Crippen LogP contribution in [-0.2, 0) is 22.6 Å². The monoisotopic (exact) mass is 473 g/mol.